The summed E-state index contributed by atoms with van der Waals surface area (Å²) in [5, 5.41) is 1.30. The maximum atomic E-state index is 5.39. The lowest BCUT2D eigenvalue weighted by atomic mass is 10.1. The van der Waals surface area contributed by atoms with Crippen LogP contribution in [0.4, 0.5) is 0 Å². The van der Waals surface area contributed by atoms with Crippen molar-refractivity contribution < 1.29 is 0 Å². The molecule has 2 rings (SSSR count). The summed E-state index contributed by atoms with van der Waals surface area (Å²) in [7, 11) is 0. The maximum absolute atomic E-state index is 5.39. The molecule has 1 heterocycles. The van der Waals surface area contributed by atoms with Gasteiger partial charge in [0, 0.05) is 23.6 Å². The number of fused-ring (bicyclic) bond motifs is 1. The van der Waals surface area contributed by atoms with Gasteiger partial charge in [-0.25, -0.2) is 0 Å². The van der Waals surface area contributed by atoms with Crippen molar-refractivity contribution in [2.75, 3.05) is 6.54 Å². The number of hydrogen-bond acceptors (Lipinski definition) is 1. The van der Waals surface area contributed by atoms with Crippen molar-refractivity contribution in [1.82, 2.24) is 4.98 Å². The summed E-state index contributed by atoms with van der Waals surface area (Å²) in [5.41, 5.74) is 7.91. The average molecular weight is 186 g/mol. The molecule has 72 valence electrons. The highest BCUT2D eigenvalue weighted by Gasteiger charge is 1.99. The Morgan fingerprint density at radius 2 is 2.07 bits per heavy atom. The Hall–Kier alpha value is -1.54. The number of benzene rings is 1. The van der Waals surface area contributed by atoms with E-state index < -0.39 is 0 Å². The number of para-hydroxylation sites is 1. The molecule has 0 saturated heterocycles. The van der Waals surface area contributed by atoms with E-state index in [0.717, 1.165) is 6.42 Å². The summed E-state index contributed by atoms with van der Waals surface area (Å²) < 4.78 is 0. The highest BCUT2D eigenvalue weighted by molar-refractivity contribution is 5.83. The van der Waals surface area contributed by atoms with Crippen LogP contribution in [0.15, 0.2) is 42.6 Å². The molecule has 2 heteroatoms. The van der Waals surface area contributed by atoms with Gasteiger partial charge in [-0.3, -0.25) is 0 Å². The molecule has 0 spiro atoms. The molecule has 0 unspecified atom stereocenters. The SMILES string of the molecule is NC/C=C/Cc1c[nH]c2ccccc12. The number of hydrogen-bond donors (Lipinski definition) is 2. The molecule has 0 aliphatic rings. The fourth-order valence-electron chi connectivity index (χ4n) is 1.61. The van der Waals surface area contributed by atoms with Gasteiger partial charge in [0.05, 0.1) is 0 Å². The molecule has 0 fully saturated rings. The molecule has 3 N–H and O–H groups in total. The average Bonchev–Trinajstić information content (AvgIpc) is 2.63. The van der Waals surface area contributed by atoms with Crippen LogP contribution in [0.5, 0.6) is 0 Å². The lowest BCUT2D eigenvalue weighted by molar-refractivity contribution is 1.21. The fraction of sp³-hybridized carbons (Fsp3) is 0.167. The topological polar surface area (TPSA) is 41.8 Å². The molecular formula is C12H14N2. The number of H-pyrrole nitrogens is 1. The molecule has 0 aliphatic carbocycles. The molecule has 0 saturated carbocycles. The maximum Gasteiger partial charge on any atom is 0.0456 e. The first-order valence-electron chi connectivity index (χ1n) is 4.82. The Morgan fingerprint density at radius 1 is 1.21 bits per heavy atom. The molecule has 14 heavy (non-hydrogen) atoms. The molecule has 2 nitrogen and oxygen atoms in total. The van der Waals surface area contributed by atoms with E-state index in [-0.39, 0.29) is 0 Å². The second-order valence-corrected chi connectivity index (χ2v) is 3.27. The van der Waals surface area contributed by atoms with Crippen LogP contribution in [0.2, 0.25) is 0 Å². The lowest BCUT2D eigenvalue weighted by Gasteiger charge is -1.92. The number of allylic oxidation sites excluding steroid dienone is 1. The summed E-state index contributed by atoms with van der Waals surface area (Å²) in [6.45, 7) is 0.613. The van der Waals surface area contributed by atoms with E-state index in [4.69, 9.17) is 5.73 Å². The van der Waals surface area contributed by atoms with Crippen molar-refractivity contribution in [3.63, 3.8) is 0 Å². The normalized spacial score (nSPS) is 11.5. The van der Waals surface area contributed by atoms with Crippen LogP contribution in [0.25, 0.3) is 10.9 Å². The highest BCUT2D eigenvalue weighted by atomic mass is 14.7. The van der Waals surface area contributed by atoms with Crippen molar-refractivity contribution in [2.24, 2.45) is 5.73 Å². The van der Waals surface area contributed by atoms with Gasteiger partial charge in [-0.1, -0.05) is 30.4 Å². The predicted molar refractivity (Wildman–Crippen MR) is 60.2 cm³/mol. The van der Waals surface area contributed by atoms with Gasteiger partial charge >= 0.3 is 0 Å². The van der Waals surface area contributed by atoms with Crippen molar-refractivity contribution in [1.29, 1.82) is 0 Å². The number of nitrogens with one attached hydrogen (secondary N) is 1. The van der Waals surface area contributed by atoms with Crippen LogP contribution in [0.3, 0.4) is 0 Å². The Morgan fingerprint density at radius 3 is 2.93 bits per heavy atom. The van der Waals surface area contributed by atoms with Crippen LogP contribution < -0.4 is 5.73 Å². The largest absolute Gasteiger partial charge is 0.361 e. The van der Waals surface area contributed by atoms with Crippen LogP contribution in [-0.4, -0.2) is 11.5 Å². The summed E-state index contributed by atoms with van der Waals surface area (Å²) >= 11 is 0. The Bertz CT molecular complexity index is 440. The zero-order valence-corrected chi connectivity index (χ0v) is 8.03. The summed E-state index contributed by atoms with van der Waals surface area (Å²) in [6.07, 6.45) is 7.10. The summed E-state index contributed by atoms with van der Waals surface area (Å²) in [4.78, 5) is 3.25. The first-order valence-corrected chi connectivity index (χ1v) is 4.82. The van der Waals surface area contributed by atoms with Gasteiger partial charge in [-0.15, -0.1) is 0 Å². The van der Waals surface area contributed by atoms with Crippen molar-refractivity contribution in [2.45, 2.75) is 6.42 Å². The molecular weight excluding hydrogens is 172 g/mol. The minimum Gasteiger partial charge on any atom is -0.361 e. The lowest BCUT2D eigenvalue weighted by Crippen LogP contribution is -1.92. The quantitative estimate of drug-likeness (QED) is 0.709. The van der Waals surface area contributed by atoms with Crippen LogP contribution in [0.1, 0.15) is 5.56 Å². The van der Waals surface area contributed by atoms with Gasteiger partial charge in [0.1, 0.15) is 0 Å². The number of aromatic amines is 1. The minimum absolute atomic E-state index is 0.613. The van der Waals surface area contributed by atoms with Gasteiger partial charge < -0.3 is 10.7 Å². The molecule has 2 aromatic rings. The van der Waals surface area contributed by atoms with Crippen LogP contribution in [-0.2, 0) is 6.42 Å². The molecule has 0 radical (unpaired) electrons. The Kier molecular flexibility index (Phi) is 2.65. The number of rotatable bonds is 3. The highest BCUT2D eigenvalue weighted by Crippen LogP contribution is 2.17. The van der Waals surface area contributed by atoms with Gasteiger partial charge in [0.25, 0.3) is 0 Å². The van der Waals surface area contributed by atoms with Gasteiger partial charge in [0.2, 0.25) is 0 Å². The smallest absolute Gasteiger partial charge is 0.0456 e. The third kappa shape index (κ3) is 1.70. The van der Waals surface area contributed by atoms with E-state index in [1.165, 1.54) is 16.5 Å². The molecule has 0 bridgehead atoms. The van der Waals surface area contributed by atoms with Crippen molar-refractivity contribution >= 4 is 10.9 Å². The molecule has 0 amide bonds. The molecule has 0 atom stereocenters. The van der Waals surface area contributed by atoms with E-state index in [1.54, 1.807) is 0 Å². The van der Waals surface area contributed by atoms with Crippen LogP contribution >= 0.6 is 0 Å². The van der Waals surface area contributed by atoms with Crippen molar-refractivity contribution in [3.05, 3.63) is 48.2 Å². The first kappa shape index (κ1) is 9.03. The first-order chi connectivity index (χ1) is 6.92. The minimum atomic E-state index is 0.613. The second-order valence-electron chi connectivity index (χ2n) is 3.27. The molecule has 1 aromatic heterocycles. The summed E-state index contributed by atoms with van der Waals surface area (Å²) in [5.74, 6) is 0. The van der Waals surface area contributed by atoms with Gasteiger partial charge in [0.15, 0.2) is 0 Å². The number of nitrogens with two attached hydrogens (primary N) is 1. The Labute approximate surface area is 83.4 Å². The zero-order valence-electron chi connectivity index (χ0n) is 8.03. The third-order valence-electron chi connectivity index (χ3n) is 2.32. The van der Waals surface area contributed by atoms with Crippen molar-refractivity contribution in [3.8, 4) is 0 Å². The monoisotopic (exact) mass is 186 g/mol. The second kappa shape index (κ2) is 4.11. The number of aromatic nitrogens is 1. The van der Waals surface area contributed by atoms with Gasteiger partial charge in [-0.2, -0.15) is 0 Å². The van der Waals surface area contributed by atoms with E-state index in [0.29, 0.717) is 6.54 Å². The predicted octanol–water partition coefficient (Wildman–Crippen LogP) is 2.23. The standard InChI is InChI=1S/C12H14N2/c13-8-4-3-5-10-9-14-12-7-2-1-6-11(10)12/h1-4,6-7,9,14H,5,8,13H2/b4-3+. The third-order valence-corrected chi connectivity index (χ3v) is 2.32. The van der Waals surface area contributed by atoms with Crippen LogP contribution in [0, 0.1) is 0 Å². The van der Waals surface area contributed by atoms with E-state index in [2.05, 4.69) is 35.5 Å². The summed E-state index contributed by atoms with van der Waals surface area (Å²) in [6, 6.07) is 8.33. The zero-order chi connectivity index (χ0) is 9.80. The van der Waals surface area contributed by atoms with E-state index in [1.807, 2.05) is 12.1 Å². The van der Waals surface area contributed by atoms with Gasteiger partial charge in [-0.05, 0) is 18.1 Å². The van der Waals surface area contributed by atoms with E-state index in [9.17, 15) is 0 Å². The molecule has 0 aliphatic heterocycles. The fourth-order valence-corrected chi connectivity index (χ4v) is 1.61. The van der Waals surface area contributed by atoms with E-state index >= 15 is 0 Å². The molecule has 1 aromatic carbocycles. The Balaban J connectivity index is 2.29.